The maximum atomic E-state index is 15.0. The van der Waals surface area contributed by atoms with Gasteiger partial charge in [0.1, 0.15) is 0 Å². The number of Topliss-reactive ketones (excluding diaryl/α,β-unsaturated/α-hetero) is 1. The number of fused-ring (bicyclic) bond motifs is 7. The van der Waals surface area contributed by atoms with Crippen LogP contribution in [0.1, 0.15) is 98.2 Å². The first-order valence-electron chi connectivity index (χ1n) is 17.3. The lowest BCUT2D eigenvalue weighted by Gasteiger charge is -2.69. The van der Waals surface area contributed by atoms with Crippen LogP contribution >= 0.6 is 0 Å². The van der Waals surface area contributed by atoms with Crippen molar-refractivity contribution in [1.29, 1.82) is 0 Å². The zero-order valence-electron chi connectivity index (χ0n) is 28.6. The molecule has 0 aliphatic heterocycles. The third-order valence-corrected chi connectivity index (χ3v) is 14.3. The number of aromatic nitrogens is 1. The van der Waals surface area contributed by atoms with E-state index in [0.717, 1.165) is 61.8 Å². The highest BCUT2D eigenvalue weighted by atomic mass is 16.2. The molecule has 7 rings (SSSR count). The Bertz CT molecular complexity index is 1770. The molecule has 0 saturated heterocycles. The predicted molar refractivity (Wildman–Crippen MR) is 180 cm³/mol. The molecular formula is C41H48N2O3. The van der Waals surface area contributed by atoms with Crippen molar-refractivity contribution in [2.75, 3.05) is 0 Å². The van der Waals surface area contributed by atoms with Crippen molar-refractivity contribution in [3.05, 3.63) is 83.5 Å². The molecule has 0 spiro atoms. The van der Waals surface area contributed by atoms with E-state index in [1.54, 1.807) is 0 Å². The summed E-state index contributed by atoms with van der Waals surface area (Å²) in [5.41, 5.74) is 0.773. The average molecular weight is 617 g/mol. The van der Waals surface area contributed by atoms with E-state index in [1.165, 1.54) is 0 Å². The molecule has 46 heavy (non-hydrogen) atoms. The van der Waals surface area contributed by atoms with Crippen LogP contribution in [0.4, 0.5) is 0 Å². The number of benzene rings is 1. The Hall–Kier alpha value is -3.52. The number of carbonyl (C=O) groups is 3. The molecule has 5 heteroatoms. The van der Waals surface area contributed by atoms with Crippen LogP contribution < -0.4 is 0 Å². The maximum Gasteiger partial charge on any atom is 0.237 e. The van der Waals surface area contributed by atoms with Gasteiger partial charge in [-0.25, -0.2) is 4.85 Å². The van der Waals surface area contributed by atoms with Crippen LogP contribution in [0.2, 0.25) is 0 Å². The zero-order valence-corrected chi connectivity index (χ0v) is 28.6. The molecule has 1 aromatic heterocycles. The Kier molecular flexibility index (Phi) is 6.59. The maximum absolute atomic E-state index is 15.0. The molecule has 7 atom stereocenters. The van der Waals surface area contributed by atoms with Crippen molar-refractivity contribution < 1.29 is 14.4 Å². The monoisotopic (exact) mass is 616 g/mol. The van der Waals surface area contributed by atoms with Crippen LogP contribution in [0.3, 0.4) is 0 Å². The number of ketones is 2. The Labute approximate surface area is 274 Å². The van der Waals surface area contributed by atoms with E-state index < -0.39 is 16.2 Å². The number of nitrogens with zero attached hydrogens (tertiary/aromatic N) is 2. The molecule has 0 N–H and O–H groups in total. The normalized spacial score (nSPS) is 39.0. The summed E-state index contributed by atoms with van der Waals surface area (Å²) in [5.74, 6) is -0.116. The summed E-state index contributed by atoms with van der Waals surface area (Å²) in [6, 6.07) is 14.1. The SMILES string of the molecule is [C-]#[N+]C1=CC2(C)C3=CC(=O)C4C5CC(C)(C)CCC5(C(=O)n5cccc5-c5ccccc5)CCC4(C)C3(C)CCC2C(C)(C)C1=O. The lowest BCUT2D eigenvalue weighted by Crippen LogP contribution is -2.66. The Morgan fingerprint density at radius 3 is 2.28 bits per heavy atom. The Balaban J connectivity index is 1.37. The summed E-state index contributed by atoms with van der Waals surface area (Å²) in [7, 11) is 0. The summed E-state index contributed by atoms with van der Waals surface area (Å²) in [4.78, 5) is 47.0. The summed E-state index contributed by atoms with van der Waals surface area (Å²) in [6.45, 7) is 23.3. The largest absolute Gasteiger partial charge is 0.307 e. The van der Waals surface area contributed by atoms with E-state index in [4.69, 9.17) is 6.57 Å². The Morgan fingerprint density at radius 1 is 0.891 bits per heavy atom. The van der Waals surface area contributed by atoms with Crippen molar-refractivity contribution in [3.8, 4) is 11.3 Å². The summed E-state index contributed by atoms with van der Waals surface area (Å²) >= 11 is 0. The molecular weight excluding hydrogens is 568 g/mol. The van der Waals surface area contributed by atoms with E-state index in [1.807, 2.05) is 67.1 Å². The standard InChI is InChI=1S/C41H48N2O3/c1-36(2)18-20-41(35(46)43-22-12-15-29(43)26-13-10-9-11-14-26)21-19-40(7)33(27(41)24-36)30(44)23-32-38(5)25-28(42-8)34(45)37(3,4)31(38)16-17-39(32,40)6/h9-15,22-23,25,27,31,33H,16-21,24H2,1-7H3. The third kappa shape index (κ3) is 3.88. The molecule has 0 amide bonds. The number of allylic oxidation sites excluding steroid dienone is 4. The van der Waals surface area contributed by atoms with E-state index in [9.17, 15) is 9.59 Å². The molecule has 5 nitrogen and oxygen atoms in total. The van der Waals surface area contributed by atoms with Gasteiger partial charge in [-0.3, -0.25) is 14.2 Å². The van der Waals surface area contributed by atoms with Gasteiger partial charge in [0.05, 0.1) is 17.7 Å². The second-order valence-corrected chi connectivity index (χ2v) is 17.3. The van der Waals surface area contributed by atoms with Gasteiger partial charge in [-0.2, -0.15) is 0 Å². The second kappa shape index (κ2) is 9.75. The van der Waals surface area contributed by atoms with Gasteiger partial charge in [0, 0.05) is 22.9 Å². The third-order valence-electron chi connectivity index (χ3n) is 14.3. The smallest absolute Gasteiger partial charge is 0.237 e. The van der Waals surface area contributed by atoms with Crippen LogP contribution in [0.25, 0.3) is 16.1 Å². The minimum Gasteiger partial charge on any atom is -0.307 e. The van der Waals surface area contributed by atoms with Gasteiger partial charge in [-0.1, -0.05) is 90.4 Å². The van der Waals surface area contributed by atoms with Gasteiger partial charge in [-0.15, -0.1) is 0 Å². The molecule has 5 aliphatic carbocycles. The van der Waals surface area contributed by atoms with Crippen LogP contribution in [-0.2, 0) is 9.59 Å². The van der Waals surface area contributed by atoms with E-state index in [-0.39, 0.29) is 57.2 Å². The summed E-state index contributed by atoms with van der Waals surface area (Å²) in [5, 5.41) is 0. The van der Waals surface area contributed by atoms with Crippen LogP contribution in [-0.4, -0.2) is 22.0 Å². The van der Waals surface area contributed by atoms with E-state index in [0.29, 0.717) is 0 Å². The first-order valence-corrected chi connectivity index (χ1v) is 17.3. The first kappa shape index (κ1) is 31.1. The molecule has 7 unspecified atom stereocenters. The van der Waals surface area contributed by atoms with Gasteiger partial charge in [0.25, 0.3) is 0 Å². The van der Waals surface area contributed by atoms with Crippen LogP contribution in [0.5, 0.6) is 0 Å². The Morgan fingerprint density at radius 2 is 1.59 bits per heavy atom. The minimum atomic E-state index is -0.679. The molecule has 0 bridgehead atoms. The highest BCUT2D eigenvalue weighted by Gasteiger charge is 2.70. The van der Waals surface area contributed by atoms with Crippen LogP contribution in [0, 0.1) is 56.8 Å². The molecule has 1 heterocycles. The zero-order chi connectivity index (χ0) is 33.1. The quantitative estimate of drug-likeness (QED) is 0.316. The number of hydrogen-bond donors (Lipinski definition) is 0. The van der Waals surface area contributed by atoms with Crippen molar-refractivity contribution in [2.24, 2.45) is 50.2 Å². The minimum absolute atomic E-state index is 0.0216. The second-order valence-electron chi connectivity index (χ2n) is 17.3. The molecule has 1 aromatic carbocycles. The van der Waals surface area contributed by atoms with Crippen molar-refractivity contribution in [3.63, 3.8) is 0 Å². The van der Waals surface area contributed by atoms with Gasteiger partial charge in [-0.05, 0) is 96.8 Å². The van der Waals surface area contributed by atoms with E-state index >= 15 is 4.79 Å². The topological polar surface area (TPSA) is 60.5 Å². The average Bonchev–Trinajstić information content (AvgIpc) is 3.50. The fourth-order valence-electron chi connectivity index (χ4n) is 11.6. The van der Waals surface area contributed by atoms with Gasteiger partial charge in [0.2, 0.25) is 11.6 Å². The van der Waals surface area contributed by atoms with Gasteiger partial charge < -0.3 is 4.79 Å². The van der Waals surface area contributed by atoms with E-state index in [2.05, 4.69) is 51.6 Å². The molecule has 3 fully saturated rings. The lowest BCUT2D eigenvalue weighted by atomic mass is 9.34. The highest BCUT2D eigenvalue weighted by molar-refractivity contribution is 6.03. The molecule has 0 radical (unpaired) electrons. The van der Waals surface area contributed by atoms with Crippen LogP contribution in [0.15, 0.2) is 72.1 Å². The highest BCUT2D eigenvalue weighted by Crippen LogP contribution is 2.74. The number of hydrogen-bond acceptors (Lipinski definition) is 3. The molecule has 3 saturated carbocycles. The fraction of sp³-hybridized carbons (Fsp3) is 0.561. The summed E-state index contributed by atoms with van der Waals surface area (Å²) < 4.78 is 1.88. The predicted octanol–water partition coefficient (Wildman–Crippen LogP) is 9.37. The number of rotatable bonds is 2. The molecule has 2 aromatic rings. The lowest BCUT2D eigenvalue weighted by molar-refractivity contribution is -0.164. The fourth-order valence-corrected chi connectivity index (χ4v) is 11.6. The van der Waals surface area contributed by atoms with Crippen molar-refractivity contribution >= 4 is 17.5 Å². The van der Waals surface area contributed by atoms with Gasteiger partial charge >= 0.3 is 0 Å². The molecule has 240 valence electrons. The molecule has 5 aliphatic rings. The number of carbonyl (C=O) groups excluding carboxylic acids is 3. The summed E-state index contributed by atoms with van der Waals surface area (Å²) in [6.07, 6.45) is 11.7. The van der Waals surface area contributed by atoms with Crippen molar-refractivity contribution in [1.82, 2.24) is 4.57 Å². The van der Waals surface area contributed by atoms with Crippen molar-refractivity contribution in [2.45, 2.75) is 93.4 Å². The first-order chi connectivity index (χ1) is 21.6. The van der Waals surface area contributed by atoms with Gasteiger partial charge in [0.15, 0.2) is 11.6 Å².